The van der Waals surface area contributed by atoms with Crippen LogP contribution in [0.1, 0.15) is 39.8 Å². The molecule has 2 aromatic carbocycles. The molecule has 1 aliphatic heterocycles. The van der Waals surface area contributed by atoms with E-state index in [-0.39, 0.29) is 22.2 Å². The third-order valence-corrected chi connectivity index (χ3v) is 7.36. The second-order valence-corrected chi connectivity index (χ2v) is 9.03. The summed E-state index contributed by atoms with van der Waals surface area (Å²) in [4.78, 5) is 2.10. The lowest BCUT2D eigenvalue weighted by Crippen LogP contribution is -2.30. The fourth-order valence-corrected chi connectivity index (χ4v) is 6.62. The van der Waals surface area contributed by atoms with E-state index in [1.54, 1.807) is 6.07 Å². The average molecular weight is 343 g/mol. The summed E-state index contributed by atoms with van der Waals surface area (Å²) >= 11 is -0.994. The topological polar surface area (TPSA) is 26.3 Å². The number of hydrogen-bond donors (Lipinski definition) is 0. The molecule has 2 nitrogen and oxygen atoms in total. The maximum Gasteiger partial charge on any atom is 0.148 e. The molecule has 4 rings (SSSR count). The minimum atomic E-state index is -0.994. The Morgan fingerprint density at radius 3 is 2.67 bits per heavy atom. The molecule has 2 aromatic rings. The zero-order valence-electron chi connectivity index (χ0n) is 14.0. The van der Waals surface area contributed by atoms with Gasteiger partial charge in [0.05, 0.1) is 0 Å². The highest BCUT2D eigenvalue weighted by molar-refractivity contribution is 7.92. The summed E-state index contributed by atoms with van der Waals surface area (Å²) in [6.07, 6.45) is 1.71. The van der Waals surface area contributed by atoms with Crippen molar-refractivity contribution in [3.05, 3.63) is 70.5 Å². The third-order valence-electron chi connectivity index (χ3n) is 5.28. The van der Waals surface area contributed by atoms with Crippen molar-refractivity contribution in [2.75, 3.05) is 20.6 Å². The lowest BCUT2D eigenvalue weighted by atomic mass is 9.87. The molecular weight excluding hydrogens is 321 g/mol. The first-order valence-electron chi connectivity index (χ1n) is 8.45. The molecule has 4 heteroatoms. The molecule has 4 atom stereocenters. The standard InChI is InChI=1S/C20H22FNOS/c1-22(2)12-16-11-19-17-6-4-3-5-13(17)9-14-7-8-15(21)10-18(14)20(19)24(16)23/h3-8,10,16,19-20H,9,11-12H2,1-2H3/t16-,19-,20-,24?/m1/s1. The third kappa shape index (κ3) is 2.67. The van der Waals surface area contributed by atoms with Crippen molar-refractivity contribution in [3.63, 3.8) is 0 Å². The van der Waals surface area contributed by atoms with E-state index in [2.05, 4.69) is 29.2 Å². The predicted molar refractivity (Wildman–Crippen MR) is 96.2 cm³/mol. The molecule has 1 heterocycles. The predicted octanol–water partition coefficient (Wildman–Crippen LogP) is 3.64. The summed E-state index contributed by atoms with van der Waals surface area (Å²) in [5.74, 6) is -0.0125. The van der Waals surface area contributed by atoms with Crippen molar-refractivity contribution in [2.45, 2.75) is 29.3 Å². The number of halogens is 1. The van der Waals surface area contributed by atoms with Crippen molar-refractivity contribution >= 4 is 11.2 Å². The Morgan fingerprint density at radius 1 is 1.12 bits per heavy atom. The van der Waals surface area contributed by atoms with Gasteiger partial charge in [0.15, 0.2) is 0 Å². The van der Waals surface area contributed by atoms with Crippen LogP contribution in [0.3, 0.4) is 0 Å². The fraction of sp³-hybridized carbons (Fsp3) is 0.400. The van der Waals surface area contributed by atoms with E-state index in [0.29, 0.717) is 0 Å². The Balaban J connectivity index is 1.85. The largest absolute Gasteiger partial charge is 0.616 e. The molecule has 0 radical (unpaired) electrons. The molecule has 0 bridgehead atoms. The van der Waals surface area contributed by atoms with Gasteiger partial charge in [0, 0.05) is 24.4 Å². The number of hydrogen-bond acceptors (Lipinski definition) is 2. The van der Waals surface area contributed by atoms with Gasteiger partial charge >= 0.3 is 0 Å². The summed E-state index contributed by atoms with van der Waals surface area (Å²) in [6.45, 7) is 0.812. The minimum Gasteiger partial charge on any atom is -0.616 e. The van der Waals surface area contributed by atoms with Crippen molar-refractivity contribution < 1.29 is 8.94 Å². The van der Waals surface area contributed by atoms with Crippen molar-refractivity contribution in [2.24, 2.45) is 0 Å². The highest BCUT2D eigenvalue weighted by Gasteiger charge is 2.50. The molecule has 0 spiro atoms. The van der Waals surface area contributed by atoms with E-state index in [4.69, 9.17) is 0 Å². The number of rotatable bonds is 2. The first-order valence-corrected chi connectivity index (χ1v) is 9.72. The van der Waals surface area contributed by atoms with E-state index in [1.165, 1.54) is 17.2 Å². The molecule has 1 saturated heterocycles. The van der Waals surface area contributed by atoms with E-state index in [0.717, 1.165) is 30.5 Å². The van der Waals surface area contributed by atoms with E-state index in [1.807, 2.05) is 20.2 Å². The van der Waals surface area contributed by atoms with E-state index >= 15 is 0 Å². The SMILES string of the molecule is CN(C)C[C@H]1C[C@@H]2c3ccccc3Cc3ccc(F)cc3[C@H]2[S+]1[O-]. The smallest absolute Gasteiger partial charge is 0.148 e. The Bertz CT molecular complexity index is 763. The van der Waals surface area contributed by atoms with Crippen LogP contribution in [0, 0.1) is 5.82 Å². The van der Waals surface area contributed by atoms with Gasteiger partial charge in [-0.25, -0.2) is 4.39 Å². The molecule has 0 aromatic heterocycles. The lowest BCUT2D eigenvalue weighted by Gasteiger charge is -2.23. The van der Waals surface area contributed by atoms with Gasteiger partial charge in [-0.2, -0.15) is 0 Å². The van der Waals surface area contributed by atoms with Gasteiger partial charge in [0.2, 0.25) is 0 Å². The van der Waals surface area contributed by atoms with Gasteiger partial charge in [-0.3, -0.25) is 0 Å². The van der Waals surface area contributed by atoms with Crippen LogP contribution in [0.5, 0.6) is 0 Å². The average Bonchev–Trinajstić information content (AvgIpc) is 2.78. The normalized spacial score (nSPS) is 28.2. The van der Waals surface area contributed by atoms with Crippen LogP contribution >= 0.6 is 0 Å². The molecule has 1 unspecified atom stereocenters. The quantitative estimate of drug-likeness (QED) is 0.778. The Kier molecular flexibility index (Phi) is 4.15. The summed E-state index contributed by atoms with van der Waals surface area (Å²) in [5.41, 5.74) is 4.67. The van der Waals surface area contributed by atoms with E-state index in [9.17, 15) is 8.94 Å². The van der Waals surface area contributed by atoms with Gasteiger partial charge in [0.1, 0.15) is 16.3 Å². The highest BCUT2D eigenvalue weighted by atomic mass is 32.2. The summed E-state index contributed by atoms with van der Waals surface area (Å²) in [7, 11) is 4.04. The maximum absolute atomic E-state index is 13.9. The Morgan fingerprint density at radius 2 is 1.88 bits per heavy atom. The number of benzene rings is 2. The summed E-state index contributed by atoms with van der Waals surface area (Å²) in [6, 6.07) is 13.5. The molecule has 0 saturated carbocycles. The van der Waals surface area contributed by atoms with Gasteiger partial charge in [-0.15, -0.1) is 0 Å². The van der Waals surface area contributed by atoms with Crippen LogP contribution in [0.2, 0.25) is 0 Å². The van der Waals surface area contributed by atoms with Gasteiger partial charge in [0.25, 0.3) is 0 Å². The molecule has 0 N–H and O–H groups in total. The lowest BCUT2D eigenvalue weighted by molar-refractivity contribution is 0.394. The zero-order chi connectivity index (χ0) is 16.8. The van der Waals surface area contributed by atoms with Crippen LogP contribution in [-0.2, 0) is 17.6 Å². The van der Waals surface area contributed by atoms with Crippen molar-refractivity contribution in [3.8, 4) is 0 Å². The maximum atomic E-state index is 13.9. The van der Waals surface area contributed by atoms with Crippen molar-refractivity contribution in [1.29, 1.82) is 0 Å². The minimum absolute atomic E-state index is 0.0932. The summed E-state index contributed by atoms with van der Waals surface area (Å²) < 4.78 is 27.2. The zero-order valence-corrected chi connectivity index (χ0v) is 14.9. The van der Waals surface area contributed by atoms with Crippen LogP contribution in [-0.4, -0.2) is 35.3 Å². The monoisotopic (exact) mass is 343 g/mol. The molecule has 2 aliphatic rings. The first-order chi connectivity index (χ1) is 11.5. The van der Waals surface area contributed by atoms with E-state index < -0.39 is 11.2 Å². The second-order valence-electron chi connectivity index (χ2n) is 7.19. The van der Waals surface area contributed by atoms with Gasteiger partial charge < -0.3 is 9.45 Å². The Hall–Kier alpha value is -1.36. The van der Waals surface area contributed by atoms with Crippen LogP contribution in [0.25, 0.3) is 0 Å². The highest BCUT2D eigenvalue weighted by Crippen LogP contribution is 2.53. The Labute approximate surface area is 145 Å². The fourth-order valence-electron chi connectivity index (χ4n) is 4.31. The molecule has 1 aliphatic carbocycles. The van der Waals surface area contributed by atoms with Crippen molar-refractivity contribution in [1.82, 2.24) is 4.90 Å². The van der Waals surface area contributed by atoms with Crippen LogP contribution < -0.4 is 0 Å². The van der Waals surface area contributed by atoms with Crippen LogP contribution in [0.4, 0.5) is 4.39 Å². The van der Waals surface area contributed by atoms with Gasteiger partial charge in [-0.05, 0) is 60.5 Å². The second kappa shape index (κ2) is 6.17. The molecular formula is C20H22FNOS. The first kappa shape index (κ1) is 16.1. The molecule has 24 heavy (non-hydrogen) atoms. The van der Waals surface area contributed by atoms with Crippen LogP contribution in [0.15, 0.2) is 42.5 Å². The molecule has 0 amide bonds. The molecule has 1 fully saturated rings. The molecule has 126 valence electrons. The van der Waals surface area contributed by atoms with Gasteiger partial charge in [-0.1, -0.05) is 30.3 Å². The summed E-state index contributed by atoms with van der Waals surface area (Å²) in [5, 5.41) is 0.0431. The number of nitrogens with zero attached hydrogens (tertiary/aromatic N) is 1. The number of fused-ring (bicyclic) bond motifs is 5.